The van der Waals surface area contributed by atoms with Crippen LogP contribution in [0.3, 0.4) is 0 Å². The Kier molecular flexibility index (Phi) is 4.64. The lowest BCUT2D eigenvalue weighted by Crippen LogP contribution is -2.10. The predicted octanol–water partition coefficient (Wildman–Crippen LogP) is 2.69. The zero-order valence-electron chi connectivity index (χ0n) is 10.2. The lowest BCUT2D eigenvalue weighted by atomic mass is 10.1. The molecule has 0 N–H and O–H groups in total. The van der Waals surface area contributed by atoms with Crippen LogP contribution < -0.4 is 0 Å². The predicted molar refractivity (Wildman–Crippen MR) is 65.9 cm³/mol. The van der Waals surface area contributed by atoms with Crippen LogP contribution in [0.4, 0.5) is 0 Å². The van der Waals surface area contributed by atoms with Crippen LogP contribution in [0.2, 0.25) is 0 Å². The summed E-state index contributed by atoms with van der Waals surface area (Å²) in [7, 11) is 0. The zero-order chi connectivity index (χ0) is 12.8. The first-order valence-electron chi connectivity index (χ1n) is 5.43. The molecular formula is C14H16O3. The molecule has 0 radical (unpaired) electrons. The molecule has 0 bridgehead atoms. The molecule has 0 aliphatic rings. The van der Waals surface area contributed by atoms with Gasteiger partial charge in [0.1, 0.15) is 0 Å². The van der Waals surface area contributed by atoms with E-state index in [1.807, 2.05) is 19.1 Å². The van der Waals surface area contributed by atoms with Crippen LogP contribution >= 0.6 is 0 Å². The summed E-state index contributed by atoms with van der Waals surface area (Å²) in [6.07, 6.45) is 0.197. The minimum Gasteiger partial charge on any atom is -0.462 e. The van der Waals surface area contributed by atoms with Gasteiger partial charge in [-0.3, -0.25) is 4.79 Å². The maximum Gasteiger partial charge on any atom is 0.333 e. The molecule has 90 valence electrons. The first-order chi connectivity index (χ1) is 8.00. The number of ether oxygens (including phenoxy) is 1. The highest BCUT2D eigenvalue weighted by Crippen LogP contribution is 2.06. The number of carbonyl (C=O) groups is 2. The molecule has 1 aromatic rings. The summed E-state index contributed by atoms with van der Waals surface area (Å²) in [6.45, 7) is 7.09. The van der Waals surface area contributed by atoms with Gasteiger partial charge >= 0.3 is 5.97 Å². The zero-order valence-corrected chi connectivity index (χ0v) is 10.2. The number of Topliss-reactive ketones (excluding diaryl/α,β-unsaturated/α-hetero) is 1. The number of hydrogen-bond donors (Lipinski definition) is 0. The van der Waals surface area contributed by atoms with E-state index in [-0.39, 0.29) is 18.8 Å². The Labute approximate surface area is 101 Å². The van der Waals surface area contributed by atoms with Crippen molar-refractivity contribution >= 4 is 11.8 Å². The summed E-state index contributed by atoms with van der Waals surface area (Å²) in [5, 5.41) is 0. The Bertz CT molecular complexity index is 429. The maximum atomic E-state index is 11.7. The van der Waals surface area contributed by atoms with E-state index in [4.69, 9.17) is 4.74 Å². The first kappa shape index (κ1) is 13.2. The third-order valence-corrected chi connectivity index (χ3v) is 2.28. The van der Waals surface area contributed by atoms with Crippen molar-refractivity contribution in [2.75, 3.05) is 6.61 Å². The van der Waals surface area contributed by atoms with Gasteiger partial charge in [-0.1, -0.05) is 36.4 Å². The Hall–Kier alpha value is -1.90. The van der Waals surface area contributed by atoms with E-state index in [2.05, 4.69) is 6.58 Å². The molecule has 0 saturated carbocycles. The average molecular weight is 232 g/mol. The SMILES string of the molecule is C=C(C)C(=O)OCCC(=O)c1ccc(C)cc1. The lowest BCUT2D eigenvalue weighted by Gasteiger charge is -2.04. The van der Waals surface area contributed by atoms with Gasteiger partial charge in [-0.25, -0.2) is 4.79 Å². The molecule has 0 saturated heterocycles. The van der Waals surface area contributed by atoms with Crippen molar-refractivity contribution in [3.63, 3.8) is 0 Å². The van der Waals surface area contributed by atoms with Gasteiger partial charge in [0.2, 0.25) is 0 Å². The fourth-order valence-electron chi connectivity index (χ4n) is 1.24. The van der Waals surface area contributed by atoms with Crippen LogP contribution in [0.5, 0.6) is 0 Å². The molecule has 1 rings (SSSR count). The average Bonchev–Trinajstić information content (AvgIpc) is 2.29. The summed E-state index contributed by atoms with van der Waals surface area (Å²) in [5.41, 5.74) is 2.09. The standard InChI is InChI=1S/C14H16O3/c1-10(2)14(16)17-9-8-13(15)12-6-4-11(3)5-7-12/h4-7H,1,8-9H2,2-3H3. The fourth-order valence-corrected chi connectivity index (χ4v) is 1.24. The Morgan fingerprint density at radius 1 is 1.24 bits per heavy atom. The van der Waals surface area contributed by atoms with E-state index >= 15 is 0 Å². The Balaban J connectivity index is 2.43. The van der Waals surface area contributed by atoms with Crippen LogP contribution in [0, 0.1) is 6.92 Å². The molecule has 0 amide bonds. The van der Waals surface area contributed by atoms with Crippen molar-refractivity contribution in [3.05, 3.63) is 47.5 Å². The number of carbonyl (C=O) groups excluding carboxylic acids is 2. The van der Waals surface area contributed by atoms with Gasteiger partial charge in [-0.15, -0.1) is 0 Å². The monoisotopic (exact) mass is 232 g/mol. The quantitative estimate of drug-likeness (QED) is 0.445. The number of rotatable bonds is 5. The Morgan fingerprint density at radius 3 is 2.35 bits per heavy atom. The van der Waals surface area contributed by atoms with Gasteiger partial charge in [0.05, 0.1) is 6.61 Å². The molecule has 1 aromatic carbocycles. The second kappa shape index (κ2) is 5.99. The molecule has 0 aliphatic heterocycles. The summed E-state index contributed by atoms with van der Waals surface area (Å²) in [6, 6.07) is 7.32. The fraction of sp³-hybridized carbons (Fsp3) is 0.286. The van der Waals surface area contributed by atoms with Gasteiger partial charge in [-0.05, 0) is 13.8 Å². The largest absolute Gasteiger partial charge is 0.462 e. The normalized spacial score (nSPS) is 9.76. The topological polar surface area (TPSA) is 43.4 Å². The molecule has 0 spiro atoms. The Morgan fingerprint density at radius 2 is 1.82 bits per heavy atom. The molecule has 0 unspecified atom stereocenters. The second-order valence-corrected chi connectivity index (χ2v) is 3.96. The molecule has 17 heavy (non-hydrogen) atoms. The molecular weight excluding hydrogens is 216 g/mol. The van der Waals surface area contributed by atoms with E-state index in [9.17, 15) is 9.59 Å². The summed E-state index contributed by atoms with van der Waals surface area (Å²) < 4.78 is 4.86. The minimum absolute atomic E-state index is 0.0282. The number of aryl methyl sites for hydroxylation is 1. The molecule has 0 aromatic heterocycles. The van der Waals surface area contributed by atoms with Crippen molar-refractivity contribution in [3.8, 4) is 0 Å². The van der Waals surface area contributed by atoms with Gasteiger partial charge in [0.15, 0.2) is 5.78 Å². The number of hydrogen-bond acceptors (Lipinski definition) is 3. The van der Waals surface area contributed by atoms with E-state index in [1.165, 1.54) is 0 Å². The van der Waals surface area contributed by atoms with Crippen LogP contribution in [0.1, 0.15) is 29.3 Å². The lowest BCUT2D eigenvalue weighted by molar-refractivity contribution is -0.138. The van der Waals surface area contributed by atoms with E-state index in [0.29, 0.717) is 11.1 Å². The highest BCUT2D eigenvalue weighted by atomic mass is 16.5. The third kappa shape index (κ3) is 4.23. The van der Waals surface area contributed by atoms with E-state index in [1.54, 1.807) is 19.1 Å². The van der Waals surface area contributed by atoms with Gasteiger partial charge in [-0.2, -0.15) is 0 Å². The third-order valence-electron chi connectivity index (χ3n) is 2.28. The second-order valence-electron chi connectivity index (χ2n) is 3.96. The summed E-state index contributed by atoms with van der Waals surface area (Å²) >= 11 is 0. The minimum atomic E-state index is -0.457. The molecule has 0 heterocycles. The van der Waals surface area contributed by atoms with Crippen molar-refractivity contribution in [1.82, 2.24) is 0 Å². The highest BCUT2D eigenvalue weighted by Gasteiger charge is 2.08. The van der Waals surface area contributed by atoms with E-state index < -0.39 is 5.97 Å². The van der Waals surface area contributed by atoms with Gasteiger partial charge < -0.3 is 4.74 Å². The van der Waals surface area contributed by atoms with Crippen LogP contribution in [-0.4, -0.2) is 18.4 Å². The molecule has 0 atom stereocenters. The number of esters is 1. The van der Waals surface area contributed by atoms with Crippen LogP contribution in [0.25, 0.3) is 0 Å². The molecule has 0 fully saturated rings. The highest BCUT2D eigenvalue weighted by molar-refractivity contribution is 5.96. The van der Waals surface area contributed by atoms with Crippen molar-refractivity contribution < 1.29 is 14.3 Å². The van der Waals surface area contributed by atoms with Crippen LogP contribution in [-0.2, 0) is 9.53 Å². The van der Waals surface area contributed by atoms with Crippen molar-refractivity contribution in [1.29, 1.82) is 0 Å². The van der Waals surface area contributed by atoms with Crippen molar-refractivity contribution in [2.24, 2.45) is 0 Å². The molecule has 3 heteroatoms. The van der Waals surface area contributed by atoms with Crippen LogP contribution in [0.15, 0.2) is 36.4 Å². The van der Waals surface area contributed by atoms with Gasteiger partial charge in [0.25, 0.3) is 0 Å². The summed E-state index contributed by atoms with van der Waals surface area (Å²) in [4.78, 5) is 22.8. The number of ketones is 1. The first-order valence-corrected chi connectivity index (χ1v) is 5.43. The summed E-state index contributed by atoms with van der Waals surface area (Å²) in [5.74, 6) is -0.485. The van der Waals surface area contributed by atoms with E-state index in [0.717, 1.165) is 5.56 Å². The van der Waals surface area contributed by atoms with Gasteiger partial charge in [0, 0.05) is 17.6 Å². The smallest absolute Gasteiger partial charge is 0.333 e. The molecule has 3 nitrogen and oxygen atoms in total. The maximum absolute atomic E-state index is 11.7. The van der Waals surface area contributed by atoms with Crippen molar-refractivity contribution in [2.45, 2.75) is 20.3 Å². The number of benzene rings is 1. The molecule has 0 aliphatic carbocycles.